The van der Waals surface area contributed by atoms with E-state index in [9.17, 15) is 9.50 Å². The molecule has 0 aromatic heterocycles. The summed E-state index contributed by atoms with van der Waals surface area (Å²) in [5.74, 6) is 1.15. The van der Waals surface area contributed by atoms with Crippen LogP contribution in [0.25, 0.3) is 0 Å². The second-order valence-corrected chi connectivity index (χ2v) is 6.96. The lowest BCUT2D eigenvalue weighted by Crippen LogP contribution is -2.40. The minimum atomic E-state index is -0.271. The van der Waals surface area contributed by atoms with Crippen molar-refractivity contribution in [2.45, 2.75) is 45.3 Å². The molecular formula is C20H34FIN4O2. The Balaban J connectivity index is 0.00000392. The Bertz CT molecular complexity index is 566. The normalized spacial score (nSPS) is 16.9. The number of hydrogen-bond acceptors (Lipinski definition) is 4. The Morgan fingerprint density at radius 3 is 2.61 bits per heavy atom. The standard InChI is InChI=1S/C20H33FN4O2.HI/c1-3-22-20(23-11-4-12-25-13-9-18(26)10-14-25)24-15-16(2)27-19-7-5-17(21)6-8-19;/h5-8,16,18,26H,3-4,9-15H2,1-2H3,(H2,22,23,24);1H. The number of hydrogen-bond donors (Lipinski definition) is 3. The van der Waals surface area contributed by atoms with Gasteiger partial charge >= 0.3 is 0 Å². The summed E-state index contributed by atoms with van der Waals surface area (Å²) in [7, 11) is 0. The lowest BCUT2D eigenvalue weighted by atomic mass is 10.1. The summed E-state index contributed by atoms with van der Waals surface area (Å²) in [6.07, 6.45) is 2.56. The lowest BCUT2D eigenvalue weighted by Gasteiger charge is -2.29. The minimum absolute atomic E-state index is 0. The van der Waals surface area contributed by atoms with E-state index >= 15 is 0 Å². The fraction of sp³-hybridized carbons (Fsp3) is 0.650. The SMILES string of the molecule is CCNC(=NCC(C)Oc1ccc(F)cc1)NCCCN1CCC(O)CC1.I. The molecular weight excluding hydrogens is 474 g/mol. The number of ether oxygens (including phenoxy) is 1. The Morgan fingerprint density at radius 2 is 1.96 bits per heavy atom. The number of rotatable bonds is 9. The maximum Gasteiger partial charge on any atom is 0.191 e. The predicted molar refractivity (Wildman–Crippen MR) is 122 cm³/mol. The smallest absolute Gasteiger partial charge is 0.191 e. The summed E-state index contributed by atoms with van der Waals surface area (Å²) in [6, 6.07) is 6.02. The first-order valence-electron chi connectivity index (χ1n) is 9.91. The predicted octanol–water partition coefficient (Wildman–Crippen LogP) is 2.61. The van der Waals surface area contributed by atoms with Crippen LogP contribution in [0.1, 0.15) is 33.1 Å². The molecule has 0 saturated carbocycles. The van der Waals surface area contributed by atoms with Gasteiger partial charge in [0.1, 0.15) is 17.7 Å². The van der Waals surface area contributed by atoms with E-state index in [1.807, 2.05) is 13.8 Å². The Kier molecular flexibility index (Phi) is 12.4. The number of piperidine rings is 1. The Hall–Kier alpha value is -1.13. The molecule has 0 amide bonds. The monoisotopic (exact) mass is 508 g/mol. The van der Waals surface area contributed by atoms with Gasteiger partial charge in [0.2, 0.25) is 0 Å². The molecule has 160 valence electrons. The van der Waals surface area contributed by atoms with Gasteiger partial charge in [-0.2, -0.15) is 0 Å². The van der Waals surface area contributed by atoms with Crippen molar-refractivity contribution < 1.29 is 14.2 Å². The lowest BCUT2D eigenvalue weighted by molar-refractivity contribution is 0.0823. The van der Waals surface area contributed by atoms with Crippen molar-refractivity contribution in [3.8, 4) is 5.75 Å². The van der Waals surface area contributed by atoms with Crippen LogP contribution in [0.15, 0.2) is 29.3 Å². The van der Waals surface area contributed by atoms with Crippen molar-refractivity contribution in [1.29, 1.82) is 0 Å². The molecule has 1 aliphatic rings. The van der Waals surface area contributed by atoms with Crippen molar-refractivity contribution in [3.63, 3.8) is 0 Å². The largest absolute Gasteiger partial charge is 0.489 e. The van der Waals surface area contributed by atoms with Crippen molar-refractivity contribution in [2.24, 2.45) is 4.99 Å². The van der Waals surface area contributed by atoms with E-state index in [1.54, 1.807) is 12.1 Å². The second kappa shape index (κ2) is 13.9. The first-order valence-corrected chi connectivity index (χ1v) is 9.91. The van der Waals surface area contributed by atoms with E-state index in [1.165, 1.54) is 12.1 Å². The third kappa shape index (κ3) is 9.88. The third-order valence-electron chi connectivity index (χ3n) is 4.50. The van der Waals surface area contributed by atoms with Crippen LogP contribution in [0.3, 0.4) is 0 Å². The number of benzene rings is 1. The van der Waals surface area contributed by atoms with Gasteiger partial charge in [-0.15, -0.1) is 24.0 Å². The van der Waals surface area contributed by atoms with Gasteiger partial charge in [-0.25, -0.2) is 9.38 Å². The van der Waals surface area contributed by atoms with Gasteiger partial charge in [-0.3, -0.25) is 0 Å². The van der Waals surface area contributed by atoms with Gasteiger partial charge in [0.05, 0.1) is 12.6 Å². The molecule has 0 aliphatic carbocycles. The molecule has 6 nitrogen and oxygen atoms in total. The summed E-state index contributed by atoms with van der Waals surface area (Å²) in [4.78, 5) is 6.97. The number of guanidine groups is 1. The van der Waals surface area contributed by atoms with Crippen LogP contribution in [0.4, 0.5) is 4.39 Å². The van der Waals surface area contributed by atoms with Gasteiger partial charge in [-0.1, -0.05) is 0 Å². The van der Waals surface area contributed by atoms with Crippen molar-refractivity contribution in [3.05, 3.63) is 30.1 Å². The van der Waals surface area contributed by atoms with Crippen LogP contribution < -0.4 is 15.4 Å². The first kappa shape index (κ1) is 24.9. The fourth-order valence-electron chi connectivity index (χ4n) is 3.00. The number of likely N-dealkylation sites (tertiary alicyclic amines) is 1. The summed E-state index contributed by atoms with van der Waals surface area (Å²) >= 11 is 0. The van der Waals surface area contributed by atoms with E-state index in [0.29, 0.717) is 12.3 Å². The molecule has 1 aromatic rings. The molecule has 0 bridgehead atoms. The van der Waals surface area contributed by atoms with Gasteiger partial charge in [0, 0.05) is 26.2 Å². The highest BCUT2D eigenvalue weighted by Gasteiger charge is 2.16. The third-order valence-corrected chi connectivity index (χ3v) is 4.50. The Labute approximate surface area is 185 Å². The van der Waals surface area contributed by atoms with Crippen LogP contribution >= 0.6 is 24.0 Å². The summed E-state index contributed by atoms with van der Waals surface area (Å²) < 4.78 is 18.7. The van der Waals surface area contributed by atoms with E-state index in [-0.39, 0.29) is 42.0 Å². The highest BCUT2D eigenvalue weighted by molar-refractivity contribution is 14.0. The molecule has 1 fully saturated rings. The minimum Gasteiger partial charge on any atom is -0.489 e. The number of halogens is 2. The van der Waals surface area contributed by atoms with Crippen molar-refractivity contribution in [1.82, 2.24) is 15.5 Å². The topological polar surface area (TPSA) is 69.1 Å². The average Bonchev–Trinajstić information content (AvgIpc) is 2.66. The van der Waals surface area contributed by atoms with Gasteiger partial charge in [0.15, 0.2) is 5.96 Å². The quantitative estimate of drug-likeness (QED) is 0.207. The van der Waals surface area contributed by atoms with Crippen molar-refractivity contribution in [2.75, 3.05) is 39.3 Å². The van der Waals surface area contributed by atoms with Crippen LogP contribution in [-0.2, 0) is 0 Å². The zero-order valence-corrected chi connectivity index (χ0v) is 19.2. The summed E-state index contributed by atoms with van der Waals surface area (Å²) in [5.41, 5.74) is 0. The van der Waals surface area contributed by atoms with E-state index < -0.39 is 0 Å². The van der Waals surface area contributed by atoms with E-state index in [0.717, 1.165) is 57.9 Å². The van der Waals surface area contributed by atoms with Gasteiger partial charge < -0.3 is 25.4 Å². The van der Waals surface area contributed by atoms with Crippen LogP contribution in [-0.4, -0.2) is 67.4 Å². The van der Waals surface area contributed by atoms with Gasteiger partial charge in [0.25, 0.3) is 0 Å². The number of nitrogens with one attached hydrogen (secondary N) is 2. The van der Waals surface area contributed by atoms with Crippen LogP contribution in [0.5, 0.6) is 5.75 Å². The molecule has 8 heteroatoms. The molecule has 1 saturated heterocycles. The zero-order valence-electron chi connectivity index (χ0n) is 16.9. The molecule has 1 atom stereocenters. The molecule has 2 rings (SSSR count). The molecule has 0 spiro atoms. The van der Waals surface area contributed by atoms with Crippen LogP contribution in [0, 0.1) is 5.82 Å². The molecule has 1 aromatic carbocycles. The van der Waals surface area contributed by atoms with Gasteiger partial charge in [-0.05, 0) is 63.9 Å². The number of nitrogens with zero attached hydrogens (tertiary/aromatic N) is 2. The second-order valence-electron chi connectivity index (χ2n) is 6.96. The maximum absolute atomic E-state index is 12.9. The Morgan fingerprint density at radius 1 is 1.29 bits per heavy atom. The summed E-state index contributed by atoms with van der Waals surface area (Å²) in [5, 5.41) is 16.1. The molecule has 1 aliphatic heterocycles. The van der Waals surface area contributed by atoms with E-state index in [2.05, 4.69) is 20.5 Å². The zero-order chi connectivity index (χ0) is 19.5. The molecule has 1 heterocycles. The maximum atomic E-state index is 12.9. The van der Waals surface area contributed by atoms with E-state index in [4.69, 9.17) is 4.74 Å². The number of aliphatic imine (C=N–C) groups is 1. The molecule has 3 N–H and O–H groups in total. The average molecular weight is 508 g/mol. The number of aliphatic hydroxyl groups is 1. The first-order chi connectivity index (χ1) is 13.1. The van der Waals surface area contributed by atoms with Crippen molar-refractivity contribution >= 4 is 29.9 Å². The molecule has 28 heavy (non-hydrogen) atoms. The highest BCUT2D eigenvalue weighted by Crippen LogP contribution is 2.13. The molecule has 0 radical (unpaired) electrons. The number of aliphatic hydroxyl groups excluding tert-OH is 1. The fourth-order valence-corrected chi connectivity index (χ4v) is 3.00. The highest BCUT2D eigenvalue weighted by atomic mass is 127. The summed E-state index contributed by atoms with van der Waals surface area (Å²) in [6.45, 7) is 9.12. The van der Waals surface area contributed by atoms with Crippen LogP contribution in [0.2, 0.25) is 0 Å². The molecule has 1 unspecified atom stereocenters.